The molecule has 27 aromatic rings. The first-order valence-corrected chi connectivity index (χ1v) is 51.1. The van der Waals surface area contributed by atoms with Gasteiger partial charge in [0, 0.05) is 78.5 Å². The van der Waals surface area contributed by atoms with Gasteiger partial charge >= 0.3 is 0 Å². The van der Waals surface area contributed by atoms with E-state index in [1.165, 1.54) is 82.0 Å². The molecule has 0 aliphatic heterocycles. The lowest BCUT2D eigenvalue weighted by molar-refractivity contribution is 1.10. The zero-order chi connectivity index (χ0) is 100. The topological polar surface area (TPSA) is 71.1 Å². The normalized spacial score (nSPS) is 11.3. The molecule has 9 nitrogen and oxygen atoms in total. The molecule has 0 spiro atoms. The maximum Gasteiger partial charge on any atom is 0.145 e. The first-order valence-electron chi connectivity index (χ1n) is 51.1. The van der Waals surface area contributed by atoms with Crippen molar-refractivity contribution in [2.75, 3.05) is 14.7 Å². The molecule has 0 saturated heterocycles. The van der Waals surface area contributed by atoms with Gasteiger partial charge in [0.25, 0.3) is 0 Å². The zero-order valence-electron chi connectivity index (χ0n) is 83.1. The number of para-hydroxylation sites is 9. The molecule has 0 unspecified atom stereocenters. The Morgan fingerprint density at radius 1 is 0.173 bits per heavy atom. The molecule has 9 heteroatoms. The number of aromatic nitrogens is 6. The van der Waals surface area contributed by atoms with Gasteiger partial charge in [-0.25, -0.2) is 19.9 Å². The number of rotatable bonds is 19. The number of pyridine rings is 2. The SMILES string of the molecule is Cc1cccc(N(c2ccccc2)c2cc(N(c3ccccc3)c3cccc(C)c3)cc(N(c3ccccc3)c3cccc(C)c3)c2)c1.c1ccc(-c2cc3c(-c4ccccc4)cc(-c4ccc(-c5nc6ccccc6n5-c5ccccc5)cc4)nc3c3nc(-c4ccc(-c5nc6ccccc6n5-c5ccccc5)cc4)ccc23)cc1.c1ccc2cc(-c3c4ccccc4c(-c4cccc5ccccc45)c4ccccc34)ccc2c1. The van der Waals surface area contributed by atoms with Crippen LogP contribution >= 0.6 is 0 Å². The fourth-order valence-electron chi connectivity index (χ4n) is 21.5. The predicted molar refractivity (Wildman–Crippen MR) is 631 cm³/mol. The van der Waals surface area contributed by atoms with Crippen molar-refractivity contribution >= 4 is 138 Å². The van der Waals surface area contributed by atoms with E-state index in [-0.39, 0.29) is 0 Å². The molecule has 0 N–H and O–H groups in total. The van der Waals surface area contributed by atoms with Crippen molar-refractivity contribution in [1.82, 2.24) is 29.1 Å². The Morgan fingerprint density at radius 3 is 0.973 bits per heavy atom. The van der Waals surface area contributed by atoms with Crippen LogP contribution in [0.2, 0.25) is 0 Å². The molecule has 0 aliphatic rings. The summed E-state index contributed by atoms with van der Waals surface area (Å²) in [7, 11) is 0. The summed E-state index contributed by atoms with van der Waals surface area (Å²) in [6.07, 6.45) is 0. The van der Waals surface area contributed by atoms with Crippen LogP contribution in [0.25, 0.3) is 188 Å². The molecular weight excluding hydrogens is 1820 g/mol. The predicted octanol–water partition coefficient (Wildman–Crippen LogP) is 38.1. The Hall–Kier alpha value is -19.7. The van der Waals surface area contributed by atoms with Gasteiger partial charge in [-0.15, -0.1) is 0 Å². The van der Waals surface area contributed by atoms with E-state index in [0.717, 1.165) is 174 Å². The molecule has 0 atom stereocenters. The smallest absolute Gasteiger partial charge is 0.145 e. The van der Waals surface area contributed by atoms with Crippen molar-refractivity contribution < 1.29 is 0 Å². The first-order chi connectivity index (χ1) is 74.1. The molecule has 0 aliphatic carbocycles. The summed E-state index contributed by atoms with van der Waals surface area (Å²) in [6.45, 7) is 6.45. The van der Waals surface area contributed by atoms with Crippen molar-refractivity contribution in [2.45, 2.75) is 20.8 Å². The van der Waals surface area contributed by atoms with Gasteiger partial charge < -0.3 is 14.7 Å². The fraction of sp³-hybridized carbons (Fsp3) is 0.0213. The standard InChI is InChI=1S/C62H40N6.C45H39N3.C34H22/c1-5-17-41(18-6-1)50-39-52-51(42-19-7-2-8-20-42)40-56(44-31-35-46(36-32-44)62-66-55-26-14-16-28-58(55)68(62)48-23-11-4-12-24-48)64-60(52)59-49(50)37-38-53(63-59)43-29-33-45(34-30-43)61-65-54-25-13-15-27-57(54)67(61)47-21-9-3-10-22-47;1-34-16-13-25-40(28-34)46(37-19-7-4-8-20-37)43-31-44(47(38-21-9-5-10-22-38)41-26-14-17-35(2)29-41)33-45(32-43)48(39-23-11-6-12-24-39)42-27-15-18-36(3)30-42;1-2-12-25-22-26(21-20-23(25)10-1)33-29-15-5-7-17-31(29)34(32-18-8-6-16-30(32)33)28-19-9-13-24-11-3-4-14-27(24)28/h1-40H;4-33H,1-3H3;1-22H. The number of imidazole rings is 2. The second kappa shape index (κ2) is 40.5. The van der Waals surface area contributed by atoms with Gasteiger partial charge in [0.1, 0.15) is 11.6 Å². The summed E-state index contributed by atoms with van der Waals surface area (Å²) in [6, 6.07) is 199. The summed E-state index contributed by atoms with van der Waals surface area (Å²) in [5.41, 5.74) is 36.7. The molecule has 27 rings (SSSR count). The van der Waals surface area contributed by atoms with Gasteiger partial charge in [0.05, 0.1) is 61.6 Å². The Balaban J connectivity index is 0.000000124. The van der Waals surface area contributed by atoms with Crippen molar-refractivity contribution in [3.63, 3.8) is 0 Å². The molecule has 4 heterocycles. The van der Waals surface area contributed by atoms with Crippen LogP contribution in [0.4, 0.5) is 51.2 Å². The van der Waals surface area contributed by atoms with Crippen LogP contribution in [-0.2, 0) is 0 Å². The van der Waals surface area contributed by atoms with Crippen LogP contribution in [0.1, 0.15) is 16.7 Å². The number of anilines is 9. The van der Waals surface area contributed by atoms with Gasteiger partial charge in [-0.1, -0.05) is 388 Å². The van der Waals surface area contributed by atoms with E-state index in [9.17, 15) is 0 Å². The van der Waals surface area contributed by atoms with Crippen molar-refractivity contribution in [3.05, 3.63) is 575 Å². The summed E-state index contributed by atoms with van der Waals surface area (Å²) >= 11 is 0. The van der Waals surface area contributed by atoms with E-state index in [4.69, 9.17) is 19.9 Å². The maximum absolute atomic E-state index is 5.55. The third-order valence-electron chi connectivity index (χ3n) is 28.5. The first kappa shape index (κ1) is 91.5. The Bertz CT molecular complexity index is 9330. The quantitative estimate of drug-likeness (QED) is 0.0590. The van der Waals surface area contributed by atoms with Gasteiger partial charge in [-0.2, -0.15) is 0 Å². The minimum absolute atomic E-state index is 0.848. The van der Waals surface area contributed by atoms with E-state index in [1.54, 1.807) is 0 Å². The third kappa shape index (κ3) is 17.9. The highest BCUT2D eigenvalue weighted by molar-refractivity contribution is 6.24. The van der Waals surface area contributed by atoms with Gasteiger partial charge in [-0.3, -0.25) is 9.13 Å². The second-order valence-electron chi connectivity index (χ2n) is 38.2. The molecule has 710 valence electrons. The van der Waals surface area contributed by atoms with Crippen molar-refractivity contribution in [2.24, 2.45) is 0 Å². The molecule has 0 radical (unpaired) electrons. The number of nitrogens with zero attached hydrogens (tertiary/aromatic N) is 9. The van der Waals surface area contributed by atoms with Crippen LogP contribution in [0.5, 0.6) is 0 Å². The summed E-state index contributed by atoms with van der Waals surface area (Å²) in [5, 5.41) is 12.4. The Kier molecular flexibility index (Phi) is 24.7. The van der Waals surface area contributed by atoms with E-state index < -0.39 is 0 Å². The Labute approximate surface area is 872 Å². The minimum atomic E-state index is 0.848. The fourth-order valence-corrected chi connectivity index (χ4v) is 21.5. The second-order valence-corrected chi connectivity index (χ2v) is 38.2. The number of hydrogen-bond acceptors (Lipinski definition) is 7. The molecule has 0 saturated carbocycles. The highest BCUT2D eigenvalue weighted by Gasteiger charge is 2.27. The average Bonchev–Trinajstić information content (AvgIpc) is 1.04. The highest BCUT2D eigenvalue weighted by atomic mass is 15.2. The lowest BCUT2D eigenvalue weighted by Crippen LogP contribution is -2.16. The largest absolute Gasteiger partial charge is 0.310 e. The lowest BCUT2D eigenvalue weighted by atomic mass is 9.84. The summed E-state index contributed by atoms with van der Waals surface area (Å²) in [4.78, 5) is 28.4. The summed E-state index contributed by atoms with van der Waals surface area (Å²) in [5.74, 6) is 1.78. The molecule has 150 heavy (non-hydrogen) atoms. The van der Waals surface area contributed by atoms with E-state index >= 15 is 0 Å². The number of aryl methyl sites for hydroxylation is 3. The van der Waals surface area contributed by atoms with E-state index in [0.29, 0.717) is 0 Å². The monoisotopic (exact) mass is 1920 g/mol. The average molecular weight is 1920 g/mol. The van der Waals surface area contributed by atoms with Crippen LogP contribution in [0.3, 0.4) is 0 Å². The highest BCUT2D eigenvalue weighted by Crippen LogP contribution is 2.51. The third-order valence-corrected chi connectivity index (χ3v) is 28.5. The molecule has 0 fully saturated rings. The van der Waals surface area contributed by atoms with Gasteiger partial charge in [0.2, 0.25) is 0 Å². The van der Waals surface area contributed by atoms with Crippen molar-refractivity contribution in [1.29, 1.82) is 0 Å². The Morgan fingerprint density at radius 2 is 0.513 bits per heavy atom. The van der Waals surface area contributed by atoms with Crippen molar-refractivity contribution in [3.8, 4) is 101 Å². The number of fused-ring (bicyclic) bond motifs is 9. The van der Waals surface area contributed by atoms with E-state index in [2.05, 4.69) is 578 Å². The molecule has 23 aromatic carbocycles. The van der Waals surface area contributed by atoms with Crippen LogP contribution < -0.4 is 14.7 Å². The van der Waals surface area contributed by atoms with Crippen LogP contribution in [-0.4, -0.2) is 29.1 Å². The minimum Gasteiger partial charge on any atom is -0.310 e. The van der Waals surface area contributed by atoms with Crippen LogP contribution in [0, 0.1) is 20.8 Å². The summed E-state index contributed by atoms with van der Waals surface area (Å²) < 4.78 is 4.47. The molecule has 0 bridgehead atoms. The number of hydrogen-bond donors (Lipinski definition) is 0. The molecule has 0 amide bonds. The maximum atomic E-state index is 5.55. The van der Waals surface area contributed by atoms with Gasteiger partial charge in [0.15, 0.2) is 0 Å². The molecular formula is C141H101N9. The van der Waals surface area contributed by atoms with Gasteiger partial charge in [-0.05, 0) is 295 Å². The van der Waals surface area contributed by atoms with Crippen LogP contribution in [0.15, 0.2) is 558 Å². The van der Waals surface area contributed by atoms with E-state index in [1.807, 2.05) is 24.3 Å². The number of benzene rings is 23. The lowest BCUT2D eigenvalue weighted by Gasteiger charge is -2.33. The molecule has 4 aromatic heterocycles. The zero-order valence-corrected chi connectivity index (χ0v) is 83.1.